The van der Waals surface area contributed by atoms with E-state index in [0.29, 0.717) is 44.2 Å². The lowest BCUT2D eigenvalue weighted by atomic mass is 9.92. The maximum Gasteiger partial charge on any atom is 0.275 e. The van der Waals surface area contributed by atoms with Gasteiger partial charge in [-0.25, -0.2) is 8.42 Å². The summed E-state index contributed by atoms with van der Waals surface area (Å²) >= 11 is 0. The van der Waals surface area contributed by atoms with E-state index in [2.05, 4.69) is 11.9 Å². The Morgan fingerprint density at radius 3 is 2.58 bits per heavy atom. The molecular formula is C19H28N3O3S+. The van der Waals surface area contributed by atoms with Gasteiger partial charge in [-0.1, -0.05) is 12.1 Å². The minimum atomic E-state index is -3.46. The average Bonchev–Trinajstić information content (AvgIpc) is 2.66. The summed E-state index contributed by atoms with van der Waals surface area (Å²) in [5.74, 6) is -0.0223. The topological polar surface area (TPSA) is 70.9 Å². The van der Waals surface area contributed by atoms with E-state index in [9.17, 15) is 13.2 Å². The molecule has 7 heteroatoms. The molecule has 0 bridgehead atoms. The van der Waals surface area contributed by atoms with Gasteiger partial charge in [0.25, 0.3) is 5.91 Å². The largest absolute Gasteiger partial charge is 0.348 e. The average molecular weight is 379 g/mol. The molecule has 1 fully saturated rings. The first-order valence-corrected chi connectivity index (χ1v) is 10.8. The first-order chi connectivity index (χ1) is 12.5. The summed E-state index contributed by atoms with van der Waals surface area (Å²) in [6.07, 6.45) is 5.98. The summed E-state index contributed by atoms with van der Waals surface area (Å²) < 4.78 is 27.5. The number of carbonyl (C=O) groups excluding carboxylic acids is 1. The van der Waals surface area contributed by atoms with E-state index in [0.717, 1.165) is 24.2 Å². The van der Waals surface area contributed by atoms with Crippen molar-refractivity contribution in [3.05, 3.63) is 42.0 Å². The number of piperazine rings is 1. The Morgan fingerprint density at radius 1 is 1.19 bits per heavy atom. The lowest BCUT2D eigenvalue weighted by Crippen LogP contribution is -3.15. The lowest BCUT2D eigenvalue weighted by Gasteiger charge is -2.31. The van der Waals surface area contributed by atoms with Gasteiger partial charge >= 0.3 is 0 Å². The Bertz CT molecular complexity index is 768. The van der Waals surface area contributed by atoms with Gasteiger partial charge in [0, 0.05) is 6.54 Å². The van der Waals surface area contributed by atoms with Gasteiger partial charge in [-0.15, -0.1) is 6.58 Å². The molecule has 2 N–H and O–H groups in total. The number of rotatable bonds is 6. The fraction of sp³-hybridized carbons (Fsp3) is 0.526. The smallest absolute Gasteiger partial charge is 0.275 e. The van der Waals surface area contributed by atoms with E-state index < -0.39 is 10.0 Å². The van der Waals surface area contributed by atoms with E-state index in [-0.39, 0.29) is 5.91 Å². The van der Waals surface area contributed by atoms with Crippen LogP contribution < -0.4 is 10.2 Å². The normalized spacial score (nSPS) is 18.9. The Kier molecular flexibility index (Phi) is 6.11. The molecule has 1 saturated heterocycles. The number of carbonyl (C=O) groups is 1. The number of quaternary nitrogens is 1. The number of amides is 1. The molecule has 1 heterocycles. The monoisotopic (exact) mass is 378 g/mol. The molecule has 3 rings (SSSR count). The van der Waals surface area contributed by atoms with Crippen molar-refractivity contribution in [2.75, 3.05) is 39.3 Å². The van der Waals surface area contributed by atoms with Crippen molar-refractivity contribution < 1.29 is 18.1 Å². The van der Waals surface area contributed by atoms with Gasteiger partial charge in [0.1, 0.15) is 0 Å². The number of benzene rings is 1. The molecule has 1 amide bonds. The van der Waals surface area contributed by atoms with Crippen LogP contribution in [0.15, 0.2) is 35.7 Å². The summed E-state index contributed by atoms with van der Waals surface area (Å²) in [5.41, 5.74) is 2.47. The zero-order valence-electron chi connectivity index (χ0n) is 15.2. The van der Waals surface area contributed by atoms with Crippen molar-refractivity contribution >= 4 is 15.9 Å². The van der Waals surface area contributed by atoms with Crippen LogP contribution in [0.4, 0.5) is 0 Å². The van der Waals surface area contributed by atoms with E-state index in [1.54, 1.807) is 16.4 Å². The van der Waals surface area contributed by atoms with Crippen molar-refractivity contribution in [1.29, 1.82) is 0 Å². The van der Waals surface area contributed by atoms with E-state index >= 15 is 0 Å². The molecule has 1 aromatic carbocycles. The number of aryl methyl sites for hydroxylation is 2. The predicted molar refractivity (Wildman–Crippen MR) is 101 cm³/mol. The minimum absolute atomic E-state index is 0.0223. The zero-order chi connectivity index (χ0) is 18.6. The lowest BCUT2D eigenvalue weighted by molar-refractivity contribution is -0.895. The molecule has 6 nitrogen and oxygen atoms in total. The second-order valence-corrected chi connectivity index (χ2v) is 9.00. The number of hydrogen-bond donors (Lipinski definition) is 2. The van der Waals surface area contributed by atoms with Crippen LogP contribution in [-0.2, 0) is 27.7 Å². The molecule has 1 aliphatic heterocycles. The van der Waals surface area contributed by atoms with Crippen LogP contribution >= 0.6 is 0 Å². The van der Waals surface area contributed by atoms with E-state index in [1.807, 2.05) is 12.1 Å². The molecule has 0 spiro atoms. The van der Waals surface area contributed by atoms with E-state index in [4.69, 9.17) is 0 Å². The van der Waals surface area contributed by atoms with Gasteiger partial charge in [0.15, 0.2) is 6.54 Å². The Labute approximate surface area is 155 Å². The third-order valence-electron chi connectivity index (χ3n) is 5.24. The van der Waals surface area contributed by atoms with Gasteiger partial charge in [0.2, 0.25) is 10.0 Å². The molecule has 0 atom stereocenters. The summed E-state index contributed by atoms with van der Waals surface area (Å²) in [4.78, 5) is 13.3. The highest BCUT2D eigenvalue weighted by Gasteiger charge is 2.31. The maximum absolute atomic E-state index is 13.0. The molecule has 142 valence electrons. The highest BCUT2D eigenvalue weighted by atomic mass is 32.2. The van der Waals surface area contributed by atoms with Crippen molar-refractivity contribution in [2.24, 2.45) is 0 Å². The number of fused-ring (bicyclic) bond motifs is 1. The van der Waals surface area contributed by atoms with Crippen molar-refractivity contribution in [1.82, 2.24) is 9.62 Å². The Balaban J connectivity index is 1.61. The molecule has 1 aromatic rings. The summed E-state index contributed by atoms with van der Waals surface area (Å²) in [6.45, 7) is 6.60. The van der Waals surface area contributed by atoms with Crippen molar-refractivity contribution in [3.8, 4) is 0 Å². The second kappa shape index (κ2) is 8.33. The highest BCUT2D eigenvalue weighted by Crippen LogP contribution is 2.25. The highest BCUT2D eigenvalue weighted by molar-refractivity contribution is 7.89. The van der Waals surface area contributed by atoms with Crippen LogP contribution in [0, 0.1) is 0 Å². The van der Waals surface area contributed by atoms with Gasteiger partial charge in [0.05, 0.1) is 31.1 Å². The zero-order valence-corrected chi connectivity index (χ0v) is 16.0. The SMILES string of the molecule is C=CCNC(=O)C[NH+]1CCN(S(=O)(=O)c2ccc3c(c2)CCCC3)CC1. The van der Waals surface area contributed by atoms with Crippen LogP contribution in [0.5, 0.6) is 0 Å². The summed E-state index contributed by atoms with van der Waals surface area (Å²) in [6, 6.07) is 5.60. The van der Waals surface area contributed by atoms with Crippen LogP contribution in [0.3, 0.4) is 0 Å². The fourth-order valence-corrected chi connectivity index (χ4v) is 5.21. The van der Waals surface area contributed by atoms with Crippen LogP contribution in [0.1, 0.15) is 24.0 Å². The molecule has 1 aliphatic carbocycles. The molecule has 0 unspecified atom stereocenters. The van der Waals surface area contributed by atoms with Crippen LogP contribution in [0.25, 0.3) is 0 Å². The third kappa shape index (κ3) is 4.34. The first-order valence-electron chi connectivity index (χ1n) is 9.34. The van der Waals surface area contributed by atoms with Crippen molar-refractivity contribution in [3.63, 3.8) is 0 Å². The minimum Gasteiger partial charge on any atom is -0.348 e. The third-order valence-corrected chi connectivity index (χ3v) is 7.14. The molecule has 0 saturated carbocycles. The quantitative estimate of drug-likeness (QED) is 0.671. The Hall–Kier alpha value is -1.70. The molecule has 26 heavy (non-hydrogen) atoms. The number of nitrogens with one attached hydrogen (secondary N) is 2. The predicted octanol–water partition coefficient (Wildman–Crippen LogP) is -0.243. The number of nitrogens with zero attached hydrogens (tertiary/aromatic N) is 1. The first kappa shape index (κ1) is 19.1. The van der Waals surface area contributed by atoms with E-state index in [1.165, 1.54) is 17.5 Å². The standard InChI is InChI=1S/C19H27N3O3S/c1-2-9-20-19(23)15-21-10-12-22(13-11-21)26(24,25)18-8-7-16-5-3-4-6-17(16)14-18/h2,7-8,14H,1,3-6,9-13,15H2,(H,20,23)/p+1. The summed E-state index contributed by atoms with van der Waals surface area (Å²) in [5, 5.41) is 2.77. The second-order valence-electron chi connectivity index (χ2n) is 7.06. The van der Waals surface area contributed by atoms with Gasteiger partial charge in [-0.3, -0.25) is 4.79 Å². The number of sulfonamides is 1. The molecule has 0 aromatic heterocycles. The van der Waals surface area contributed by atoms with Crippen LogP contribution in [-0.4, -0.2) is 57.9 Å². The maximum atomic E-state index is 13.0. The van der Waals surface area contributed by atoms with Gasteiger partial charge < -0.3 is 10.2 Å². The van der Waals surface area contributed by atoms with Gasteiger partial charge in [-0.2, -0.15) is 4.31 Å². The van der Waals surface area contributed by atoms with Gasteiger partial charge in [-0.05, 0) is 48.9 Å². The van der Waals surface area contributed by atoms with Crippen LogP contribution in [0.2, 0.25) is 0 Å². The van der Waals surface area contributed by atoms with Crippen molar-refractivity contribution in [2.45, 2.75) is 30.6 Å². The molecule has 0 radical (unpaired) electrons. The molecular weight excluding hydrogens is 350 g/mol. The fourth-order valence-electron chi connectivity index (χ4n) is 3.71. The Morgan fingerprint density at radius 2 is 1.88 bits per heavy atom. The number of hydrogen-bond acceptors (Lipinski definition) is 3. The molecule has 2 aliphatic rings. The summed E-state index contributed by atoms with van der Waals surface area (Å²) in [7, 11) is -3.46.